The monoisotopic (exact) mass is 589 g/mol. The zero-order valence-electron chi connectivity index (χ0n) is 23.2. The summed E-state index contributed by atoms with van der Waals surface area (Å²) in [5, 5.41) is 18.5. The molecule has 4 heterocycles. The van der Waals surface area contributed by atoms with Crippen molar-refractivity contribution in [2.24, 2.45) is 5.41 Å². The molecule has 12 heteroatoms. The van der Waals surface area contributed by atoms with Gasteiger partial charge in [-0.15, -0.1) is 5.10 Å². The van der Waals surface area contributed by atoms with Gasteiger partial charge in [0.2, 0.25) is 5.88 Å². The number of halogens is 1. The maximum Gasteiger partial charge on any atom is 0.335 e. The number of ether oxygens (including phenoxy) is 3. The van der Waals surface area contributed by atoms with Gasteiger partial charge in [0, 0.05) is 23.5 Å². The van der Waals surface area contributed by atoms with Gasteiger partial charge in [-0.3, -0.25) is 0 Å². The van der Waals surface area contributed by atoms with Crippen molar-refractivity contribution >= 4 is 28.3 Å². The van der Waals surface area contributed by atoms with Crippen LogP contribution in [-0.2, 0) is 17.8 Å². The second-order valence-corrected chi connectivity index (χ2v) is 11.8. The molecule has 6 rings (SSSR count). The first kappa shape index (κ1) is 27.7. The summed E-state index contributed by atoms with van der Waals surface area (Å²) in [4.78, 5) is 21.0. The van der Waals surface area contributed by atoms with Crippen LogP contribution in [0.3, 0.4) is 0 Å². The van der Waals surface area contributed by atoms with Crippen LogP contribution in [-0.4, -0.2) is 56.1 Å². The standard InChI is InChI=1S/C30H28FN5O5S/c1-30(2)16-40-14-24(30)36-23-13-18(28(37)38)8-10-22(23)32-25(36)12-17-7-9-19(20(31)11-17)21-5-4-6-26(33-21)41-15-27-34-35-29(39-3)42-27/h4-11,13,24H,12,14-16H2,1-3H3,(H,37,38)/t24-/m1/s1. The minimum atomic E-state index is -1.01. The second kappa shape index (κ2) is 11.1. The maximum absolute atomic E-state index is 15.5. The summed E-state index contributed by atoms with van der Waals surface area (Å²) in [7, 11) is 1.52. The third kappa shape index (κ3) is 5.42. The lowest BCUT2D eigenvalue weighted by Gasteiger charge is -2.28. The van der Waals surface area contributed by atoms with Gasteiger partial charge >= 0.3 is 5.97 Å². The summed E-state index contributed by atoms with van der Waals surface area (Å²) in [6.45, 7) is 5.45. The molecule has 1 N–H and O–H groups in total. The van der Waals surface area contributed by atoms with Gasteiger partial charge in [-0.1, -0.05) is 42.4 Å². The number of pyridine rings is 1. The predicted molar refractivity (Wildman–Crippen MR) is 154 cm³/mol. The third-order valence-electron chi connectivity index (χ3n) is 7.33. The highest BCUT2D eigenvalue weighted by Gasteiger charge is 2.39. The molecular weight excluding hydrogens is 561 g/mol. The van der Waals surface area contributed by atoms with Crippen molar-refractivity contribution < 1.29 is 28.5 Å². The van der Waals surface area contributed by atoms with E-state index in [-0.39, 0.29) is 23.6 Å². The molecule has 0 radical (unpaired) electrons. The van der Waals surface area contributed by atoms with Gasteiger partial charge in [0.15, 0.2) is 5.01 Å². The Bertz CT molecular complexity index is 1790. The van der Waals surface area contributed by atoms with E-state index in [0.717, 1.165) is 11.1 Å². The molecule has 1 aliphatic rings. The zero-order valence-corrected chi connectivity index (χ0v) is 24.0. The quantitative estimate of drug-likeness (QED) is 0.235. The first-order valence-corrected chi connectivity index (χ1v) is 14.1. The first-order chi connectivity index (χ1) is 20.2. The number of imidazole rings is 1. The second-order valence-electron chi connectivity index (χ2n) is 10.7. The van der Waals surface area contributed by atoms with Crippen molar-refractivity contribution in [3.8, 4) is 22.3 Å². The minimum Gasteiger partial charge on any atom is -0.478 e. The van der Waals surface area contributed by atoms with E-state index in [4.69, 9.17) is 19.2 Å². The Hall–Kier alpha value is -4.42. The molecule has 5 aromatic rings. The molecule has 10 nitrogen and oxygen atoms in total. The highest BCUT2D eigenvalue weighted by atomic mass is 32.1. The fraction of sp³-hybridized carbons (Fsp3) is 0.300. The van der Waals surface area contributed by atoms with E-state index >= 15 is 4.39 Å². The fourth-order valence-corrected chi connectivity index (χ4v) is 5.71. The Morgan fingerprint density at radius 3 is 2.74 bits per heavy atom. The summed E-state index contributed by atoms with van der Waals surface area (Å²) in [6.07, 6.45) is 0.350. The van der Waals surface area contributed by atoms with E-state index < -0.39 is 11.8 Å². The van der Waals surface area contributed by atoms with Crippen LogP contribution in [0.1, 0.15) is 46.6 Å². The van der Waals surface area contributed by atoms with Crippen molar-refractivity contribution in [1.82, 2.24) is 24.7 Å². The van der Waals surface area contributed by atoms with Crippen LogP contribution < -0.4 is 9.47 Å². The third-order valence-corrected chi connectivity index (χ3v) is 8.19. The van der Waals surface area contributed by atoms with Crippen LogP contribution in [0.15, 0.2) is 54.6 Å². The van der Waals surface area contributed by atoms with Gasteiger partial charge in [0.25, 0.3) is 5.19 Å². The van der Waals surface area contributed by atoms with Crippen LogP contribution in [0.2, 0.25) is 0 Å². The number of aromatic nitrogens is 5. The Balaban J connectivity index is 1.28. The van der Waals surface area contributed by atoms with Crippen molar-refractivity contribution in [1.29, 1.82) is 0 Å². The van der Waals surface area contributed by atoms with Crippen LogP contribution in [0.25, 0.3) is 22.3 Å². The topological polar surface area (TPSA) is 121 Å². The molecule has 1 saturated heterocycles. The number of carboxylic acid groups (broad SMARTS) is 1. The van der Waals surface area contributed by atoms with Gasteiger partial charge in [-0.05, 0) is 42.0 Å². The number of fused-ring (bicyclic) bond motifs is 1. The van der Waals surface area contributed by atoms with Crippen molar-refractivity contribution in [2.45, 2.75) is 32.9 Å². The van der Waals surface area contributed by atoms with Crippen LogP contribution in [0.4, 0.5) is 4.39 Å². The van der Waals surface area contributed by atoms with E-state index in [1.807, 2.05) is 6.07 Å². The lowest BCUT2D eigenvalue weighted by Crippen LogP contribution is -2.27. The average molecular weight is 590 g/mol. The van der Waals surface area contributed by atoms with Gasteiger partial charge in [0.1, 0.15) is 18.2 Å². The number of benzene rings is 2. The normalized spacial score (nSPS) is 16.1. The molecule has 3 aromatic heterocycles. The fourth-order valence-electron chi connectivity index (χ4n) is 5.15. The van der Waals surface area contributed by atoms with E-state index in [0.29, 0.717) is 58.3 Å². The van der Waals surface area contributed by atoms with E-state index in [2.05, 4.69) is 33.6 Å². The van der Waals surface area contributed by atoms with Crippen molar-refractivity contribution in [3.63, 3.8) is 0 Å². The number of aromatic carboxylic acids is 1. The van der Waals surface area contributed by atoms with Gasteiger partial charge in [-0.2, -0.15) is 0 Å². The SMILES string of the molecule is COc1nnc(COc2cccc(-c3ccc(Cc4nc5ccc(C(=O)O)cc5n4[C@@H]4COCC4(C)C)cc3F)n2)s1. The molecule has 0 unspecified atom stereocenters. The number of carboxylic acids is 1. The molecule has 2 aromatic carbocycles. The minimum absolute atomic E-state index is 0.0566. The largest absolute Gasteiger partial charge is 0.478 e. The molecule has 1 atom stereocenters. The van der Waals surface area contributed by atoms with Gasteiger partial charge in [0.05, 0.1) is 48.7 Å². The number of hydrogen-bond donors (Lipinski definition) is 1. The molecule has 0 spiro atoms. The number of rotatable bonds is 9. The van der Waals surface area contributed by atoms with E-state index in [1.54, 1.807) is 42.5 Å². The van der Waals surface area contributed by atoms with Crippen molar-refractivity contribution in [3.05, 3.63) is 82.4 Å². The lowest BCUT2D eigenvalue weighted by molar-refractivity contribution is 0.0697. The van der Waals surface area contributed by atoms with E-state index in [1.165, 1.54) is 24.5 Å². The molecule has 0 bridgehead atoms. The molecule has 42 heavy (non-hydrogen) atoms. The van der Waals surface area contributed by atoms with Gasteiger partial charge < -0.3 is 23.9 Å². The zero-order chi connectivity index (χ0) is 29.4. The summed E-state index contributed by atoms with van der Waals surface area (Å²) in [5.41, 5.74) is 2.89. The Kier molecular flexibility index (Phi) is 7.33. The molecule has 0 aliphatic carbocycles. The van der Waals surface area contributed by atoms with E-state index in [9.17, 15) is 9.90 Å². The number of hydrogen-bond acceptors (Lipinski definition) is 9. The number of nitrogens with zero attached hydrogens (tertiary/aromatic N) is 5. The van der Waals surface area contributed by atoms with Crippen LogP contribution in [0, 0.1) is 11.2 Å². The maximum atomic E-state index is 15.5. The van der Waals surface area contributed by atoms with Crippen molar-refractivity contribution in [2.75, 3.05) is 20.3 Å². The predicted octanol–water partition coefficient (Wildman–Crippen LogP) is 5.56. The highest BCUT2D eigenvalue weighted by Crippen LogP contribution is 2.40. The molecule has 1 fully saturated rings. The summed E-state index contributed by atoms with van der Waals surface area (Å²) in [6, 6.07) is 15.1. The highest BCUT2D eigenvalue weighted by molar-refractivity contribution is 7.13. The summed E-state index contributed by atoms with van der Waals surface area (Å²) in [5.74, 6) is -0.383. The van der Waals surface area contributed by atoms with Gasteiger partial charge in [-0.25, -0.2) is 19.2 Å². The summed E-state index contributed by atoms with van der Waals surface area (Å²) < 4.78 is 34.2. The Labute approximate surface area is 244 Å². The Morgan fingerprint density at radius 1 is 1.17 bits per heavy atom. The first-order valence-electron chi connectivity index (χ1n) is 13.3. The molecule has 1 aliphatic heterocycles. The lowest BCUT2D eigenvalue weighted by atomic mass is 9.87. The molecular formula is C30H28FN5O5S. The van der Waals surface area contributed by atoms with Crippen LogP contribution in [0.5, 0.6) is 11.1 Å². The Morgan fingerprint density at radius 2 is 2.02 bits per heavy atom. The summed E-state index contributed by atoms with van der Waals surface area (Å²) >= 11 is 1.27. The number of carbonyl (C=O) groups is 1. The number of methoxy groups -OCH3 is 1. The molecule has 0 saturated carbocycles. The van der Waals surface area contributed by atoms with Crippen LogP contribution >= 0.6 is 11.3 Å². The molecule has 216 valence electrons. The smallest absolute Gasteiger partial charge is 0.335 e. The average Bonchev–Trinajstić information content (AvgIpc) is 3.67. The molecule has 0 amide bonds.